The number of carbonyl (C=O) groups is 1. The van der Waals surface area contributed by atoms with E-state index < -0.39 is 0 Å². The van der Waals surface area contributed by atoms with Crippen LogP contribution in [0.4, 0.5) is 0 Å². The lowest BCUT2D eigenvalue weighted by Gasteiger charge is -2.14. The van der Waals surface area contributed by atoms with Gasteiger partial charge in [-0.2, -0.15) is 0 Å². The Morgan fingerprint density at radius 2 is 1.92 bits per heavy atom. The quantitative estimate of drug-likeness (QED) is 0.581. The maximum Gasteiger partial charge on any atom is 0.277 e. The van der Waals surface area contributed by atoms with Gasteiger partial charge in [0.25, 0.3) is 5.22 Å². The van der Waals surface area contributed by atoms with E-state index in [4.69, 9.17) is 27.6 Å². The van der Waals surface area contributed by atoms with E-state index >= 15 is 0 Å². The lowest BCUT2D eigenvalue weighted by molar-refractivity contribution is -0.119. The third kappa shape index (κ3) is 5.00. The molecule has 1 N–H and O–H groups in total. The molecule has 0 saturated heterocycles. The van der Waals surface area contributed by atoms with Crippen molar-refractivity contribution in [3.8, 4) is 11.5 Å². The van der Waals surface area contributed by atoms with E-state index in [1.165, 1.54) is 11.8 Å². The number of carbonyl (C=O) groups excluding carboxylic acids is 1. The first-order valence-corrected chi connectivity index (χ1v) is 9.52. The summed E-state index contributed by atoms with van der Waals surface area (Å²) >= 11 is 13.0. The van der Waals surface area contributed by atoms with Crippen LogP contribution in [0.15, 0.2) is 58.2 Å². The van der Waals surface area contributed by atoms with Gasteiger partial charge in [0.15, 0.2) is 0 Å². The fourth-order valence-corrected chi connectivity index (χ4v) is 3.15. The van der Waals surface area contributed by atoms with E-state index in [0.717, 1.165) is 11.1 Å². The van der Waals surface area contributed by atoms with E-state index in [9.17, 15) is 4.79 Å². The van der Waals surface area contributed by atoms with Gasteiger partial charge >= 0.3 is 0 Å². The summed E-state index contributed by atoms with van der Waals surface area (Å²) in [6.45, 7) is 1.90. The van der Waals surface area contributed by atoms with Crippen molar-refractivity contribution in [3.05, 3.63) is 64.1 Å². The molecule has 0 radical (unpaired) electrons. The van der Waals surface area contributed by atoms with Crippen molar-refractivity contribution in [1.82, 2.24) is 15.5 Å². The molecule has 0 bridgehead atoms. The van der Waals surface area contributed by atoms with Crippen molar-refractivity contribution in [2.75, 3.05) is 5.75 Å². The molecule has 0 spiro atoms. The first-order chi connectivity index (χ1) is 12.5. The van der Waals surface area contributed by atoms with Crippen molar-refractivity contribution in [3.63, 3.8) is 0 Å². The van der Waals surface area contributed by atoms with E-state index in [1.807, 2.05) is 25.1 Å². The highest BCUT2D eigenvalue weighted by molar-refractivity contribution is 7.99. The summed E-state index contributed by atoms with van der Waals surface area (Å²) in [7, 11) is 0. The van der Waals surface area contributed by atoms with Gasteiger partial charge in [-0.05, 0) is 48.9 Å². The molecular formula is C18H15Cl2N3O2S. The molecule has 8 heteroatoms. The van der Waals surface area contributed by atoms with Crippen molar-refractivity contribution in [1.29, 1.82) is 0 Å². The van der Waals surface area contributed by atoms with Crippen LogP contribution in [0.1, 0.15) is 18.5 Å². The Labute approximate surface area is 165 Å². The summed E-state index contributed by atoms with van der Waals surface area (Å²) in [5.74, 6) is 0.429. The van der Waals surface area contributed by atoms with Crippen LogP contribution in [0.5, 0.6) is 0 Å². The Morgan fingerprint density at radius 1 is 1.15 bits per heavy atom. The minimum atomic E-state index is -0.144. The first kappa shape index (κ1) is 18.8. The zero-order valence-electron chi connectivity index (χ0n) is 13.8. The normalized spacial score (nSPS) is 12.0. The average molecular weight is 408 g/mol. The summed E-state index contributed by atoms with van der Waals surface area (Å²) in [6, 6.07) is 14.3. The lowest BCUT2D eigenvalue weighted by Crippen LogP contribution is -2.28. The highest BCUT2D eigenvalue weighted by atomic mass is 35.5. The Kier molecular flexibility index (Phi) is 6.19. The van der Waals surface area contributed by atoms with E-state index in [1.54, 1.807) is 30.3 Å². The van der Waals surface area contributed by atoms with Gasteiger partial charge in [0, 0.05) is 15.6 Å². The molecule has 3 rings (SSSR count). The second kappa shape index (κ2) is 8.58. The molecule has 2 aromatic carbocycles. The highest BCUT2D eigenvalue weighted by Crippen LogP contribution is 2.24. The van der Waals surface area contributed by atoms with Crippen LogP contribution in [0.25, 0.3) is 11.5 Å². The Balaban J connectivity index is 1.54. The summed E-state index contributed by atoms with van der Waals surface area (Å²) in [5.41, 5.74) is 1.71. The van der Waals surface area contributed by atoms with Crippen molar-refractivity contribution >= 4 is 40.9 Å². The molecule has 26 heavy (non-hydrogen) atoms. The monoisotopic (exact) mass is 407 g/mol. The van der Waals surface area contributed by atoms with Gasteiger partial charge < -0.3 is 9.73 Å². The number of nitrogens with zero attached hydrogens (tertiary/aromatic N) is 2. The predicted molar refractivity (Wildman–Crippen MR) is 103 cm³/mol. The molecule has 0 aliphatic carbocycles. The molecule has 134 valence electrons. The van der Waals surface area contributed by atoms with Crippen LogP contribution in [0.2, 0.25) is 10.0 Å². The molecule has 5 nitrogen and oxygen atoms in total. The maximum absolute atomic E-state index is 12.1. The number of rotatable bonds is 6. The van der Waals surface area contributed by atoms with E-state index in [0.29, 0.717) is 21.2 Å². The third-order valence-corrected chi connectivity index (χ3v) is 4.86. The predicted octanol–water partition coefficient (Wildman–Crippen LogP) is 5.01. The maximum atomic E-state index is 12.1. The Hall–Kier alpha value is -2.02. The molecule has 0 saturated carbocycles. The second-order valence-electron chi connectivity index (χ2n) is 5.51. The summed E-state index contributed by atoms with van der Waals surface area (Å²) in [4.78, 5) is 12.1. The van der Waals surface area contributed by atoms with Crippen molar-refractivity contribution in [2.24, 2.45) is 0 Å². The smallest absolute Gasteiger partial charge is 0.277 e. The van der Waals surface area contributed by atoms with E-state index in [-0.39, 0.29) is 17.7 Å². The van der Waals surface area contributed by atoms with Gasteiger partial charge in [0.2, 0.25) is 11.8 Å². The largest absolute Gasteiger partial charge is 0.411 e. The summed E-state index contributed by atoms with van der Waals surface area (Å²) in [5, 5.41) is 12.5. The van der Waals surface area contributed by atoms with Gasteiger partial charge in [-0.25, -0.2) is 0 Å². The van der Waals surface area contributed by atoms with Crippen molar-refractivity contribution < 1.29 is 9.21 Å². The molecule has 1 unspecified atom stereocenters. The van der Waals surface area contributed by atoms with Gasteiger partial charge in [-0.1, -0.05) is 47.1 Å². The average Bonchev–Trinajstić information content (AvgIpc) is 3.09. The fraction of sp³-hybridized carbons (Fsp3) is 0.167. The number of nitrogens with one attached hydrogen (secondary N) is 1. The molecule has 0 fully saturated rings. The number of hydrogen-bond acceptors (Lipinski definition) is 5. The zero-order chi connectivity index (χ0) is 18.5. The fourth-order valence-electron chi connectivity index (χ4n) is 2.25. The SMILES string of the molecule is CC(NC(=O)CSc1nnc(-c2ccc(Cl)cc2)o1)c1cccc(Cl)c1. The minimum Gasteiger partial charge on any atom is -0.411 e. The van der Waals surface area contributed by atoms with Gasteiger partial charge in [0.05, 0.1) is 11.8 Å². The number of benzene rings is 2. The second-order valence-corrected chi connectivity index (χ2v) is 7.31. The van der Waals surface area contributed by atoms with Crippen LogP contribution >= 0.6 is 35.0 Å². The number of aromatic nitrogens is 2. The molecule has 1 aromatic heterocycles. The molecule has 1 amide bonds. The van der Waals surface area contributed by atoms with Gasteiger partial charge in [-0.15, -0.1) is 10.2 Å². The summed E-state index contributed by atoms with van der Waals surface area (Å²) in [6.07, 6.45) is 0. The van der Waals surface area contributed by atoms with E-state index in [2.05, 4.69) is 15.5 Å². The van der Waals surface area contributed by atoms with Crippen LogP contribution in [-0.2, 0) is 4.79 Å². The minimum absolute atomic E-state index is 0.131. The number of amides is 1. The summed E-state index contributed by atoms with van der Waals surface area (Å²) < 4.78 is 5.57. The molecule has 0 aliphatic rings. The topological polar surface area (TPSA) is 68.0 Å². The Bertz CT molecular complexity index is 899. The molecule has 1 heterocycles. The number of halogens is 2. The molecule has 1 atom stereocenters. The molecular weight excluding hydrogens is 393 g/mol. The van der Waals surface area contributed by atoms with Gasteiger partial charge in [-0.3, -0.25) is 4.79 Å². The zero-order valence-corrected chi connectivity index (χ0v) is 16.1. The van der Waals surface area contributed by atoms with Crippen LogP contribution in [-0.4, -0.2) is 21.9 Å². The Morgan fingerprint density at radius 3 is 2.65 bits per heavy atom. The van der Waals surface area contributed by atoms with Crippen LogP contribution in [0.3, 0.4) is 0 Å². The standard InChI is InChI=1S/C18H15Cl2N3O2S/c1-11(13-3-2-4-15(20)9-13)21-16(24)10-26-18-23-22-17(25-18)12-5-7-14(19)8-6-12/h2-9,11H,10H2,1H3,(H,21,24). The van der Waals surface area contributed by atoms with Crippen LogP contribution < -0.4 is 5.32 Å². The number of thioether (sulfide) groups is 1. The van der Waals surface area contributed by atoms with Crippen molar-refractivity contribution in [2.45, 2.75) is 18.2 Å². The third-order valence-electron chi connectivity index (χ3n) is 3.55. The highest BCUT2D eigenvalue weighted by Gasteiger charge is 2.13. The molecule has 0 aliphatic heterocycles. The first-order valence-electron chi connectivity index (χ1n) is 7.78. The van der Waals surface area contributed by atoms with Crippen LogP contribution in [0, 0.1) is 0 Å². The molecule has 3 aromatic rings. The van der Waals surface area contributed by atoms with Gasteiger partial charge in [0.1, 0.15) is 0 Å². The number of hydrogen-bond donors (Lipinski definition) is 1. The lowest BCUT2D eigenvalue weighted by atomic mass is 10.1.